The van der Waals surface area contributed by atoms with E-state index in [-0.39, 0.29) is 17.9 Å². The zero-order valence-electron chi connectivity index (χ0n) is 15.6. The molecule has 0 saturated heterocycles. The molecule has 3 nitrogen and oxygen atoms in total. The summed E-state index contributed by atoms with van der Waals surface area (Å²) < 4.78 is 5.08. The monoisotopic (exact) mass is 347 g/mol. The van der Waals surface area contributed by atoms with Gasteiger partial charge in [0.2, 0.25) is 0 Å². The predicted molar refractivity (Wildman–Crippen MR) is 105 cm³/mol. The first-order valence-electron chi connectivity index (χ1n) is 9.03. The van der Waals surface area contributed by atoms with E-state index in [2.05, 4.69) is 38.1 Å². The Kier molecular flexibility index (Phi) is 5.36. The average Bonchev–Trinajstić information content (AvgIpc) is 3.12. The van der Waals surface area contributed by atoms with Crippen LogP contribution in [0.4, 0.5) is 0 Å². The van der Waals surface area contributed by atoms with Crippen LogP contribution in [0.5, 0.6) is 0 Å². The maximum absolute atomic E-state index is 12.4. The Morgan fingerprint density at radius 3 is 2.04 bits per heavy atom. The lowest BCUT2D eigenvalue weighted by atomic mass is 9.76. The molecule has 0 N–H and O–H groups in total. The van der Waals surface area contributed by atoms with Gasteiger partial charge in [0.15, 0.2) is 0 Å². The minimum Gasteiger partial charge on any atom is -0.468 e. The van der Waals surface area contributed by atoms with Gasteiger partial charge in [-0.1, -0.05) is 86.7 Å². The molecule has 3 rings (SSSR count). The van der Waals surface area contributed by atoms with E-state index in [0.717, 1.165) is 16.8 Å². The third-order valence-corrected chi connectivity index (χ3v) is 5.15. The molecule has 1 unspecified atom stereocenters. The van der Waals surface area contributed by atoms with Crippen LogP contribution in [0.2, 0.25) is 0 Å². The Labute approximate surface area is 155 Å². The standard InChI is InChI=1S/C23H25NO2/c1-17(2)23(22(25)26-3)15-14-20(16-23)24-21(18-10-6-4-7-11-18)19-12-8-5-9-13-19/h4-15,17,20H,16H2,1-3H3/t20-,23?/m1/s1. The number of carbonyl (C=O) groups is 1. The lowest BCUT2D eigenvalue weighted by molar-refractivity contribution is -0.152. The quantitative estimate of drug-likeness (QED) is 0.448. The first-order chi connectivity index (χ1) is 12.6. The van der Waals surface area contributed by atoms with Gasteiger partial charge in [0, 0.05) is 11.1 Å². The van der Waals surface area contributed by atoms with Gasteiger partial charge >= 0.3 is 5.97 Å². The third kappa shape index (κ3) is 3.48. The fraction of sp³-hybridized carbons (Fsp3) is 0.304. The summed E-state index contributed by atoms with van der Waals surface area (Å²) in [5.41, 5.74) is 2.51. The van der Waals surface area contributed by atoms with E-state index in [9.17, 15) is 4.79 Å². The van der Waals surface area contributed by atoms with Crippen molar-refractivity contribution in [1.29, 1.82) is 0 Å². The normalized spacial score (nSPS) is 21.6. The van der Waals surface area contributed by atoms with Crippen molar-refractivity contribution in [2.75, 3.05) is 7.11 Å². The van der Waals surface area contributed by atoms with Crippen molar-refractivity contribution in [3.8, 4) is 0 Å². The van der Waals surface area contributed by atoms with E-state index in [1.807, 2.05) is 48.6 Å². The van der Waals surface area contributed by atoms with Crippen LogP contribution in [-0.4, -0.2) is 24.8 Å². The van der Waals surface area contributed by atoms with E-state index in [1.165, 1.54) is 7.11 Å². The molecular formula is C23H25NO2. The Morgan fingerprint density at radius 1 is 1.04 bits per heavy atom. The molecule has 0 aliphatic heterocycles. The summed E-state index contributed by atoms with van der Waals surface area (Å²) in [5.74, 6) is -0.0225. The van der Waals surface area contributed by atoms with E-state index in [1.54, 1.807) is 0 Å². The predicted octanol–water partition coefficient (Wildman–Crippen LogP) is 4.67. The molecular weight excluding hydrogens is 322 g/mol. The number of benzene rings is 2. The van der Waals surface area contributed by atoms with Gasteiger partial charge in [-0.05, 0) is 12.3 Å². The molecule has 0 spiro atoms. The summed E-state index contributed by atoms with van der Waals surface area (Å²) in [5, 5.41) is 0. The number of methoxy groups -OCH3 is 1. The van der Waals surface area contributed by atoms with Crippen molar-refractivity contribution in [2.24, 2.45) is 16.3 Å². The Balaban J connectivity index is 1.98. The highest BCUT2D eigenvalue weighted by Crippen LogP contribution is 2.41. The van der Waals surface area contributed by atoms with Gasteiger partial charge in [-0.15, -0.1) is 0 Å². The summed E-state index contributed by atoms with van der Waals surface area (Å²) in [7, 11) is 1.45. The topological polar surface area (TPSA) is 38.7 Å². The molecule has 0 amide bonds. The van der Waals surface area contributed by atoms with Crippen LogP contribution in [0.15, 0.2) is 77.8 Å². The molecule has 2 aromatic rings. The Hall–Kier alpha value is -2.68. The molecule has 0 fully saturated rings. The second-order valence-corrected chi connectivity index (χ2v) is 7.03. The molecule has 1 aliphatic rings. The van der Waals surface area contributed by atoms with Crippen molar-refractivity contribution < 1.29 is 9.53 Å². The molecule has 0 bridgehead atoms. The summed E-state index contributed by atoms with van der Waals surface area (Å²) in [4.78, 5) is 17.5. The van der Waals surface area contributed by atoms with Crippen molar-refractivity contribution in [1.82, 2.24) is 0 Å². The first-order valence-corrected chi connectivity index (χ1v) is 9.03. The maximum Gasteiger partial charge on any atom is 0.316 e. The van der Waals surface area contributed by atoms with Gasteiger partial charge in [-0.25, -0.2) is 0 Å². The molecule has 26 heavy (non-hydrogen) atoms. The summed E-state index contributed by atoms with van der Waals surface area (Å²) in [6.07, 6.45) is 4.68. The lowest BCUT2D eigenvalue weighted by Gasteiger charge is -2.29. The molecule has 1 aliphatic carbocycles. The molecule has 3 heteroatoms. The Bertz CT molecular complexity index is 767. The third-order valence-electron chi connectivity index (χ3n) is 5.15. The van der Waals surface area contributed by atoms with Crippen LogP contribution in [0.1, 0.15) is 31.4 Å². The van der Waals surface area contributed by atoms with Crippen LogP contribution in [0.25, 0.3) is 0 Å². The van der Waals surface area contributed by atoms with Gasteiger partial charge in [0.1, 0.15) is 0 Å². The van der Waals surface area contributed by atoms with Crippen molar-refractivity contribution in [3.05, 3.63) is 83.9 Å². The molecule has 0 saturated carbocycles. The zero-order chi connectivity index (χ0) is 18.6. The fourth-order valence-corrected chi connectivity index (χ4v) is 3.53. The number of nitrogens with zero attached hydrogens (tertiary/aromatic N) is 1. The molecule has 2 aromatic carbocycles. The highest BCUT2D eigenvalue weighted by molar-refractivity contribution is 6.13. The Morgan fingerprint density at radius 2 is 1.58 bits per heavy atom. The summed E-state index contributed by atoms with van der Waals surface area (Å²) >= 11 is 0. The smallest absolute Gasteiger partial charge is 0.316 e. The highest BCUT2D eigenvalue weighted by Gasteiger charge is 2.45. The number of hydrogen-bond donors (Lipinski definition) is 0. The average molecular weight is 347 g/mol. The van der Waals surface area contributed by atoms with Crippen molar-refractivity contribution in [3.63, 3.8) is 0 Å². The van der Waals surface area contributed by atoms with Gasteiger partial charge < -0.3 is 4.74 Å². The second-order valence-electron chi connectivity index (χ2n) is 7.03. The van der Waals surface area contributed by atoms with Crippen LogP contribution >= 0.6 is 0 Å². The zero-order valence-corrected chi connectivity index (χ0v) is 15.6. The van der Waals surface area contributed by atoms with Gasteiger partial charge in [-0.3, -0.25) is 9.79 Å². The minimum atomic E-state index is -0.596. The van der Waals surface area contributed by atoms with E-state index in [4.69, 9.17) is 9.73 Å². The van der Waals surface area contributed by atoms with Crippen LogP contribution in [0.3, 0.4) is 0 Å². The number of esters is 1. The van der Waals surface area contributed by atoms with Crippen LogP contribution in [0, 0.1) is 11.3 Å². The molecule has 0 aromatic heterocycles. The largest absolute Gasteiger partial charge is 0.468 e. The van der Waals surface area contributed by atoms with Gasteiger partial charge in [-0.2, -0.15) is 0 Å². The second kappa shape index (κ2) is 7.69. The molecule has 134 valence electrons. The number of ether oxygens (including phenoxy) is 1. The fourth-order valence-electron chi connectivity index (χ4n) is 3.53. The van der Waals surface area contributed by atoms with Gasteiger partial charge in [0.05, 0.1) is 24.3 Å². The van der Waals surface area contributed by atoms with E-state index >= 15 is 0 Å². The minimum absolute atomic E-state index is 0.0492. The summed E-state index contributed by atoms with van der Waals surface area (Å²) in [6, 6.07) is 20.3. The highest BCUT2D eigenvalue weighted by atomic mass is 16.5. The number of aliphatic imine (C=N–C) groups is 1. The van der Waals surface area contributed by atoms with Crippen molar-refractivity contribution >= 4 is 11.7 Å². The van der Waals surface area contributed by atoms with E-state index < -0.39 is 5.41 Å². The van der Waals surface area contributed by atoms with Crippen LogP contribution in [-0.2, 0) is 9.53 Å². The number of carbonyl (C=O) groups excluding carboxylic acids is 1. The molecule has 0 heterocycles. The van der Waals surface area contributed by atoms with Crippen molar-refractivity contribution in [2.45, 2.75) is 26.3 Å². The number of rotatable bonds is 5. The lowest BCUT2D eigenvalue weighted by Crippen LogP contribution is -2.35. The summed E-state index contributed by atoms with van der Waals surface area (Å²) in [6.45, 7) is 4.12. The molecule has 2 atom stereocenters. The van der Waals surface area contributed by atoms with Crippen LogP contribution < -0.4 is 0 Å². The maximum atomic E-state index is 12.4. The van der Waals surface area contributed by atoms with Gasteiger partial charge in [0.25, 0.3) is 0 Å². The molecule has 0 radical (unpaired) electrons. The van der Waals surface area contributed by atoms with E-state index in [0.29, 0.717) is 6.42 Å². The number of hydrogen-bond acceptors (Lipinski definition) is 3. The SMILES string of the molecule is COC(=O)C1(C(C)C)C=C[C@@H](N=C(c2ccccc2)c2ccccc2)C1. The first kappa shape index (κ1) is 18.1.